The molecule has 0 radical (unpaired) electrons. The average Bonchev–Trinajstić information content (AvgIpc) is 3.05. The minimum absolute atomic E-state index is 0.0223. The highest BCUT2D eigenvalue weighted by Gasteiger charge is 2.25. The van der Waals surface area contributed by atoms with Crippen LogP contribution in [0.25, 0.3) is 0 Å². The van der Waals surface area contributed by atoms with Gasteiger partial charge in [0.25, 0.3) is 15.9 Å². The molecule has 0 atom stereocenters. The number of anilines is 2. The molecule has 0 spiro atoms. The first-order valence-corrected chi connectivity index (χ1v) is 8.88. The van der Waals surface area contributed by atoms with Crippen molar-refractivity contribution in [3.8, 4) is 17.2 Å². The van der Waals surface area contributed by atoms with E-state index in [2.05, 4.69) is 4.72 Å². The van der Waals surface area contributed by atoms with Crippen LogP contribution in [-0.2, 0) is 14.8 Å². The Hall–Kier alpha value is -2.94. The Balaban J connectivity index is 1.65. The zero-order valence-electron chi connectivity index (χ0n) is 13.2. The van der Waals surface area contributed by atoms with E-state index in [1.54, 1.807) is 25.2 Å². The molecular weight excluding hydrogens is 348 g/mol. The number of nitrogens with one attached hydrogen (secondary N) is 1. The number of carbonyl (C=O) groups is 1. The largest absolute Gasteiger partial charge is 0.482 e. The van der Waals surface area contributed by atoms with Crippen molar-refractivity contribution in [2.75, 3.05) is 30.1 Å². The molecule has 9 heteroatoms. The molecule has 1 amide bonds. The van der Waals surface area contributed by atoms with Crippen molar-refractivity contribution >= 4 is 27.3 Å². The Morgan fingerprint density at radius 2 is 1.76 bits per heavy atom. The van der Waals surface area contributed by atoms with Crippen molar-refractivity contribution in [2.45, 2.75) is 4.90 Å². The van der Waals surface area contributed by atoms with Gasteiger partial charge in [0.2, 0.25) is 6.79 Å². The minimum atomic E-state index is -3.85. The molecular formula is C16H14N2O6S. The second kappa shape index (κ2) is 5.55. The van der Waals surface area contributed by atoms with Crippen LogP contribution in [0.2, 0.25) is 0 Å². The number of fused-ring (bicyclic) bond motifs is 2. The summed E-state index contributed by atoms with van der Waals surface area (Å²) in [6, 6.07) is 9.14. The van der Waals surface area contributed by atoms with E-state index in [9.17, 15) is 13.2 Å². The zero-order valence-corrected chi connectivity index (χ0v) is 14.0. The van der Waals surface area contributed by atoms with E-state index >= 15 is 0 Å². The normalized spacial score (nSPS) is 15.6. The standard InChI is InChI=1S/C16H14N2O6S/c1-18-12-7-11(3-5-13(12)22-8-16(18)19)25(20,21)17-10-2-4-14-15(6-10)24-9-23-14/h2-7,17H,8-9H2,1H3. The van der Waals surface area contributed by atoms with Crippen LogP contribution < -0.4 is 23.8 Å². The number of carbonyl (C=O) groups excluding carboxylic acids is 1. The molecule has 2 heterocycles. The molecule has 2 aromatic rings. The molecule has 0 unspecified atom stereocenters. The van der Waals surface area contributed by atoms with E-state index in [-0.39, 0.29) is 24.2 Å². The second-order valence-corrected chi connectivity index (χ2v) is 7.23. The molecule has 2 aliphatic heterocycles. The van der Waals surface area contributed by atoms with E-state index in [1.807, 2.05) is 0 Å². The zero-order chi connectivity index (χ0) is 17.6. The highest BCUT2D eigenvalue weighted by Crippen LogP contribution is 2.36. The lowest BCUT2D eigenvalue weighted by atomic mass is 10.2. The Morgan fingerprint density at radius 3 is 2.60 bits per heavy atom. The van der Waals surface area contributed by atoms with E-state index in [0.29, 0.717) is 28.6 Å². The summed E-state index contributed by atoms with van der Waals surface area (Å²) >= 11 is 0. The predicted octanol–water partition coefficient (Wildman–Crippen LogP) is 1.57. The van der Waals surface area contributed by atoms with Gasteiger partial charge in [-0.15, -0.1) is 0 Å². The van der Waals surface area contributed by atoms with Crippen LogP contribution in [0.5, 0.6) is 17.2 Å². The van der Waals surface area contributed by atoms with Crippen molar-refractivity contribution in [1.29, 1.82) is 0 Å². The molecule has 4 rings (SSSR count). The number of hydrogen-bond acceptors (Lipinski definition) is 6. The molecule has 0 bridgehead atoms. The molecule has 1 N–H and O–H groups in total. The van der Waals surface area contributed by atoms with Gasteiger partial charge in [0.15, 0.2) is 18.1 Å². The lowest BCUT2D eigenvalue weighted by molar-refractivity contribution is -0.120. The monoisotopic (exact) mass is 362 g/mol. The third-order valence-electron chi connectivity index (χ3n) is 3.95. The van der Waals surface area contributed by atoms with Gasteiger partial charge in [-0.25, -0.2) is 8.42 Å². The summed E-state index contributed by atoms with van der Waals surface area (Å²) in [5.41, 5.74) is 0.757. The molecule has 2 aromatic carbocycles. The summed E-state index contributed by atoms with van der Waals surface area (Å²) in [5, 5.41) is 0. The third kappa shape index (κ3) is 2.72. The lowest BCUT2D eigenvalue weighted by Gasteiger charge is -2.26. The molecule has 0 aliphatic carbocycles. The van der Waals surface area contributed by atoms with Gasteiger partial charge in [0.05, 0.1) is 16.3 Å². The summed E-state index contributed by atoms with van der Waals surface area (Å²) in [4.78, 5) is 13.1. The van der Waals surface area contributed by atoms with Crippen molar-refractivity contribution in [2.24, 2.45) is 0 Å². The Kier molecular flexibility index (Phi) is 3.46. The number of benzene rings is 2. The third-order valence-corrected chi connectivity index (χ3v) is 5.33. The van der Waals surface area contributed by atoms with Crippen LogP contribution in [-0.4, -0.2) is 34.8 Å². The maximum atomic E-state index is 12.6. The minimum Gasteiger partial charge on any atom is -0.482 e. The van der Waals surface area contributed by atoms with Crippen LogP contribution >= 0.6 is 0 Å². The average molecular weight is 362 g/mol. The molecule has 130 valence electrons. The van der Waals surface area contributed by atoms with Crippen molar-refractivity contribution in [3.63, 3.8) is 0 Å². The van der Waals surface area contributed by atoms with Crippen LogP contribution in [0.15, 0.2) is 41.3 Å². The lowest BCUT2D eigenvalue weighted by Crippen LogP contribution is -2.35. The molecule has 8 nitrogen and oxygen atoms in total. The SMILES string of the molecule is CN1C(=O)COc2ccc(S(=O)(=O)Nc3ccc4c(c3)OCO4)cc21. The maximum Gasteiger partial charge on any atom is 0.264 e. The summed E-state index contributed by atoms with van der Waals surface area (Å²) in [5.74, 6) is 1.26. The number of ether oxygens (including phenoxy) is 3. The van der Waals surface area contributed by atoms with Gasteiger partial charge in [-0.3, -0.25) is 9.52 Å². The van der Waals surface area contributed by atoms with Crippen LogP contribution in [0.3, 0.4) is 0 Å². The Bertz CT molecular complexity index is 973. The fourth-order valence-corrected chi connectivity index (χ4v) is 3.66. The van der Waals surface area contributed by atoms with Crippen LogP contribution in [0.4, 0.5) is 11.4 Å². The van der Waals surface area contributed by atoms with E-state index in [4.69, 9.17) is 14.2 Å². The first-order valence-electron chi connectivity index (χ1n) is 7.40. The van der Waals surface area contributed by atoms with Gasteiger partial charge in [0, 0.05) is 13.1 Å². The van der Waals surface area contributed by atoms with E-state index in [0.717, 1.165) is 0 Å². The quantitative estimate of drug-likeness (QED) is 0.891. The summed E-state index contributed by atoms with van der Waals surface area (Å²) < 4.78 is 43.5. The topological polar surface area (TPSA) is 94.2 Å². The van der Waals surface area contributed by atoms with Gasteiger partial charge in [-0.1, -0.05) is 0 Å². The van der Waals surface area contributed by atoms with Crippen LogP contribution in [0, 0.1) is 0 Å². The number of sulfonamides is 1. The molecule has 0 aromatic heterocycles. The second-order valence-electron chi connectivity index (χ2n) is 5.54. The number of hydrogen-bond donors (Lipinski definition) is 1. The fourth-order valence-electron chi connectivity index (χ4n) is 2.59. The molecule has 25 heavy (non-hydrogen) atoms. The van der Waals surface area contributed by atoms with Gasteiger partial charge < -0.3 is 19.1 Å². The molecule has 2 aliphatic rings. The van der Waals surface area contributed by atoms with Gasteiger partial charge in [-0.05, 0) is 30.3 Å². The number of likely N-dealkylation sites (N-methyl/N-ethyl adjacent to an activating group) is 1. The number of rotatable bonds is 3. The number of nitrogens with zero attached hydrogens (tertiary/aromatic N) is 1. The predicted molar refractivity (Wildman–Crippen MR) is 88.7 cm³/mol. The van der Waals surface area contributed by atoms with Gasteiger partial charge in [-0.2, -0.15) is 0 Å². The summed E-state index contributed by atoms with van der Waals surface area (Å²) in [6.07, 6.45) is 0. The first kappa shape index (κ1) is 15.6. The molecule has 0 saturated heterocycles. The highest BCUT2D eigenvalue weighted by atomic mass is 32.2. The first-order chi connectivity index (χ1) is 11.9. The molecule has 0 saturated carbocycles. The van der Waals surface area contributed by atoms with Gasteiger partial charge in [0.1, 0.15) is 5.75 Å². The number of amides is 1. The Labute approximate surface area is 144 Å². The summed E-state index contributed by atoms with van der Waals surface area (Å²) in [7, 11) is -2.27. The maximum absolute atomic E-state index is 12.6. The van der Waals surface area contributed by atoms with E-state index in [1.165, 1.54) is 23.1 Å². The summed E-state index contributed by atoms with van der Waals surface area (Å²) in [6.45, 7) is 0.0434. The highest BCUT2D eigenvalue weighted by molar-refractivity contribution is 7.92. The fraction of sp³-hybridized carbons (Fsp3) is 0.188. The Morgan fingerprint density at radius 1 is 1.00 bits per heavy atom. The van der Waals surface area contributed by atoms with Crippen molar-refractivity contribution < 1.29 is 27.4 Å². The van der Waals surface area contributed by atoms with Crippen molar-refractivity contribution in [1.82, 2.24) is 0 Å². The van der Waals surface area contributed by atoms with E-state index < -0.39 is 10.0 Å². The van der Waals surface area contributed by atoms with Crippen molar-refractivity contribution in [3.05, 3.63) is 36.4 Å². The molecule has 0 fully saturated rings. The smallest absolute Gasteiger partial charge is 0.264 e. The van der Waals surface area contributed by atoms with Crippen LogP contribution in [0.1, 0.15) is 0 Å². The van der Waals surface area contributed by atoms with Gasteiger partial charge >= 0.3 is 0 Å².